The lowest BCUT2D eigenvalue weighted by Crippen LogP contribution is -1.98. The van der Waals surface area contributed by atoms with Crippen molar-refractivity contribution < 1.29 is 0 Å². The monoisotopic (exact) mass is 154 g/mol. The topological polar surface area (TPSA) is 0 Å². The molecule has 0 N–H and O–H groups in total. The highest BCUT2D eigenvalue weighted by Gasteiger charge is 2.00. The Hall–Kier alpha value is -0.260. The van der Waals surface area contributed by atoms with Crippen molar-refractivity contribution in [1.29, 1.82) is 0 Å². The minimum absolute atomic E-state index is 0.742. The van der Waals surface area contributed by atoms with Gasteiger partial charge in [-0.2, -0.15) is 0 Å². The van der Waals surface area contributed by atoms with Gasteiger partial charge in [0.1, 0.15) is 0 Å². The molecule has 0 aromatic heterocycles. The first-order valence-corrected chi connectivity index (χ1v) is 4.85. The van der Waals surface area contributed by atoms with Crippen molar-refractivity contribution in [3.05, 3.63) is 12.2 Å². The Kier molecular flexibility index (Phi) is 6.30. The van der Waals surface area contributed by atoms with Gasteiger partial charge in [-0.05, 0) is 18.3 Å². The van der Waals surface area contributed by atoms with Crippen LogP contribution in [0, 0.1) is 11.8 Å². The van der Waals surface area contributed by atoms with Gasteiger partial charge in [-0.3, -0.25) is 0 Å². The van der Waals surface area contributed by atoms with E-state index >= 15 is 0 Å². The smallest absolute Gasteiger partial charge is 0.0239 e. The van der Waals surface area contributed by atoms with Crippen molar-refractivity contribution in [3.63, 3.8) is 0 Å². The van der Waals surface area contributed by atoms with Crippen LogP contribution in [0.3, 0.4) is 0 Å². The van der Waals surface area contributed by atoms with Crippen molar-refractivity contribution in [3.8, 4) is 0 Å². The zero-order chi connectivity index (χ0) is 8.69. The largest absolute Gasteiger partial charge is 0.0883 e. The Morgan fingerprint density at radius 2 is 1.82 bits per heavy atom. The number of hydrogen-bond donors (Lipinski definition) is 0. The zero-order valence-corrected chi connectivity index (χ0v) is 8.43. The summed E-state index contributed by atoms with van der Waals surface area (Å²) in [5.74, 6) is 1.53. The van der Waals surface area contributed by atoms with Crippen LogP contribution in [-0.2, 0) is 0 Å². The van der Waals surface area contributed by atoms with Gasteiger partial charge in [-0.25, -0.2) is 0 Å². The third-order valence-corrected chi connectivity index (χ3v) is 2.22. The molecule has 1 unspecified atom stereocenters. The summed E-state index contributed by atoms with van der Waals surface area (Å²) in [5.41, 5.74) is 0. The summed E-state index contributed by atoms with van der Waals surface area (Å²) in [6.45, 7) is 9.07. The molecular weight excluding hydrogens is 132 g/mol. The maximum Gasteiger partial charge on any atom is -0.0239 e. The van der Waals surface area contributed by atoms with Gasteiger partial charge < -0.3 is 0 Å². The Morgan fingerprint density at radius 1 is 1.18 bits per heavy atom. The second-order valence-corrected chi connectivity index (χ2v) is 3.67. The number of unbranched alkanes of at least 4 members (excludes halogenated alkanes) is 2. The second-order valence-electron chi connectivity index (χ2n) is 3.67. The van der Waals surface area contributed by atoms with Gasteiger partial charge in [0.05, 0.1) is 0 Å². The predicted octanol–water partition coefficient (Wildman–Crippen LogP) is 4.02. The van der Waals surface area contributed by atoms with Crippen LogP contribution in [0.25, 0.3) is 0 Å². The lowest BCUT2D eigenvalue weighted by atomic mass is 9.97. The number of hydrogen-bond acceptors (Lipinski definition) is 0. The summed E-state index contributed by atoms with van der Waals surface area (Å²) in [6.07, 6.45) is 8.57. The van der Waals surface area contributed by atoms with Crippen LogP contribution in [0.15, 0.2) is 12.2 Å². The van der Waals surface area contributed by atoms with Crippen LogP contribution in [0.1, 0.15) is 47.0 Å². The summed E-state index contributed by atoms with van der Waals surface area (Å²) < 4.78 is 0. The van der Waals surface area contributed by atoms with E-state index in [0.29, 0.717) is 0 Å². The Morgan fingerprint density at radius 3 is 2.27 bits per heavy atom. The van der Waals surface area contributed by atoms with Crippen LogP contribution >= 0.6 is 0 Å². The summed E-state index contributed by atoms with van der Waals surface area (Å²) >= 11 is 0. The fraction of sp³-hybridized carbons (Fsp3) is 0.818. The molecule has 66 valence electrons. The summed E-state index contributed by atoms with van der Waals surface area (Å²) in [6, 6.07) is 0. The Balaban J connectivity index is 3.40. The molecule has 0 spiro atoms. The summed E-state index contributed by atoms with van der Waals surface area (Å²) in [5, 5.41) is 0. The standard InChI is InChI=1S/C11H22/c1-5-6-7-8-9-11(4)10(2)3/h8-11H,5-7H2,1-4H3/b9-8-. The summed E-state index contributed by atoms with van der Waals surface area (Å²) in [4.78, 5) is 0. The molecule has 0 fully saturated rings. The fourth-order valence-electron chi connectivity index (χ4n) is 0.855. The van der Waals surface area contributed by atoms with Gasteiger partial charge in [0.2, 0.25) is 0 Å². The van der Waals surface area contributed by atoms with Crippen molar-refractivity contribution in [2.75, 3.05) is 0 Å². The minimum atomic E-state index is 0.742. The van der Waals surface area contributed by atoms with Gasteiger partial charge in [0.25, 0.3) is 0 Å². The van der Waals surface area contributed by atoms with E-state index < -0.39 is 0 Å². The van der Waals surface area contributed by atoms with Gasteiger partial charge in [-0.15, -0.1) is 0 Å². The maximum atomic E-state index is 2.35. The van der Waals surface area contributed by atoms with Crippen molar-refractivity contribution in [2.24, 2.45) is 11.8 Å². The van der Waals surface area contributed by atoms with Crippen LogP contribution in [0.2, 0.25) is 0 Å². The molecule has 0 bridgehead atoms. The first-order valence-electron chi connectivity index (χ1n) is 4.85. The average Bonchev–Trinajstić information content (AvgIpc) is 1.97. The normalized spacial score (nSPS) is 14.6. The van der Waals surface area contributed by atoms with Gasteiger partial charge in [0.15, 0.2) is 0 Å². The molecule has 0 aliphatic heterocycles. The lowest BCUT2D eigenvalue weighted by molar-refractivity contribution is 0.503. The van der Waals surface area contributed by atoms with Crippen LogP contribution in [0.5, 0.6) is 0 Å². The molecule has 0 saturated heterocycles. The minimum Gasteiger partial charge on any atom is -0.0883 e. The van der Waals surface area contributed by atoms with E-state index in [1.54, 1.807) is 0 Å². The fourth-order valence-corrected chi connectivity index (χ4v) is 0.855. The van der Waals surface area contributed by atoms with Gasteiger partial charge >= 0.3 is 0 Å². The molecule has 0 heterocycles. The van der Waals surface area contributed by atoms with E-state index in [-0.39, 0.29) is 0 Å². The molecule has 0 aliphatic carbocycles. The van der Waals surface area contributed by atoms with Gasteiger partial charge in [-0.1, -0.05) is 52.7 Å². The summed E-state index contributed by atoms with van der Waals surface area (Å²) in [7, 11) is 0. The first-order chi connectivity index (χ1) is 5.18. The third kappa shape index (κ3) is 6.15. The molecule has 0 radical (unpaired) electrons. The highest BCUT2D eigenvalue weighted by molar-refractivity contribution is 4.87. The van der Waals surface area contributed by atoms with E-state index in [2.05, 4.69) is 39.8 Å². The number of allylic oxidation sites excluding steroid dienone is 2. The SMILES string of the molecule is CCCC/C=C\C(C)C(C)C. The molecule has 0 aromatic carbocycles. The zero-order valence-electron chi connectivity index (χ0n) is 8.43. The van der Waals surface area contributed by atoms with Gasteiger partial charge in [0, 0.05) is 0 Å². The highest BCUT2D eigenvalue weighted by atomic mass is 14.1. The molecule has 0 amide bonds. The lowest BCUT2D eigenvalue weighted by Gasteiger charge is -2.09. The van der Waals surface area contributed by atoms with Crippen LogP contribution < -0.4 is 0 Å². The molecule has 0 aliphatic rings. The first kappa shape index (κ1) is 10.7. The number of rotatable bonds is 5. The second kappa shape index (κ2) is 6.45. The maximum absolute atomic E-state index is 2.35. The molecule has 11 heavy (non-hydrogen) atoms. The molecule has 0 rings (SSSR count). The van der Waals surface area contributed by atoms with E-state index in [0.717, 1.165) is 11.8 Å². The predicted molar refractivity (Wildman–Crippen MR) is 52.7 cm³/mol. The van der Waals surface area contributed by atoms with E-state index in [4.69, 9.17) is 0 Å². The van der Waals surface area contributed by atoms with E-state index in [9.17, 15) is 0 Å². The van der Waals surface area contributed by atoms with Crippen molar-refractivity contribution in [1.82, 2.24) is 0 Å². The van der Waals surface area contributed by atoms with Crippen LogP contribution in [0.4, 0.5) is 0 Å². The van der Waals surface area contributed by atoms with E-state index in [1.807, 2.05) is 0 Å². The molecular formula is C11H22. The van der Waals surface area contributed by atoms with Crippen molar-refractivity contribution in [2.45, 2.75) is 47.0 Å². The quantitative estimate of drug-likeness (QED) is 0.414. The van der Waals surface area contributed by atoms with E-state index in [1.165, 1.54) is 19.3 Å². The van der Waals surface area contributed by atoms with Crippen LogP contribution in [-0.4, -0.2) is 0 Å². The highest BCUT2D eigenvalue weighted by Crippen LogP contribution is 2.11. The molecule has 0 heteroatoms. The van der Waals surface area contributed by atoms with Crippen molar-refractivity contribution >= 4 is 0 Å². The average molecular weight is 154 g/mol. The third-order valence-electron chi connectivity index (χ3n) is 2.22. The Bertz CT molecular complexity index is 101. The molecule has 0 saturated carbocycles. The molecule has 0 aromatic rings. The molecule has 0 nitrogen and oxygen atoms in total. The Labute approximate surface area is 71.7 Å². The molecule has 1 atom stereocenters.